The van der Waals surface area contributed by atoms with E-state index in [2.05, 4.69) is 4.74 Å². The van der Waals surface area contributed by atoms with Crippen LogP contribution >= 0.6 is 0 Å². The molecule has 3 heteroatoms. The van der Waals surface area contributed by atoms with E-state index in [0.717, 1.165) is 0 Å². The zero-order valence-electron chi connectivity index (χ0n) is 7.75. The van der Waals surface area contributed by atoms with Crippen LogP contribution in [0, 0.1) is 5.82 Å². The molecule has 0 fully saturated rings. The lowest BCUT2D eigenvalue weighted by Crippen LogP contribution is -2.01. The van der Waals surface area contributed by atoms with E-state index in [1.54, 1.807) is 12.1 Å². The van der Waals surface area contributed by atoms with Crippen molar-refractivity contribution >= 4 is 0 Å². The number of ether oxygens (including phenoxy) is 1. The standard InChI is InChI=1S/C10H13FO2/c1-3-7-4-5-8(6-9(7)11)10(12)13-2/h4-6,10,12H,3H2,1-2H3. The first kappa shape index (κ1) is 10.2. The van der Waals surface area contributed by atoms with Crippen molar-refractivity contribution in [3.63, 3.8) is 0 Å². The highest BCUT2D eigenvalue weighted by Gasteiger charge is 2.08. The zero-order valence-corrected chi connectivity index (χ0v) is 7.75. The molecule has 72 valence electrons. The van der Waals surface area contributed by atoms with Crippen LogP contribution in [-0.4, -0.2) is 12.2 Å². The van der Waals surface area contributed by atoms with E-state index in [0.29, 0.717) is 17.5 Å². The van der Waals surface area contributed by atoms with Crippen molar-refractivity contribution in [2.24, 2.45) is 0 Å². The zero-order chi connectivity index (χ0) is 9.84. The van der Waals surface area contributed by atoms with E-state index < -0.39 is 6.29 Å². The van der Waals surface area contributed by atoms with Crippen LogP contribution in [-0.2, 0) is 11.2 Å². The van der Waals surface area contributed by atoms with Crippen LogP contribution in [0.15, 0.2) is 18.2 Å². The SMILES string of the molecule is CCc1ccc(C(O)OC)cc1F. The van der Waals surface area contributed by atoms with Gasteiger partial charge in [0.05, 0.1) is 0 Å². The van der Waals surface area contributed by atoms with Gasteiger partial charge in [-0.15, -0.1) is 0 Å². The number of aryl methyl sites for hydroxylation is 1. The lowest BCUT2D eigenvalue weighted by molar-refractivity contribution is -0.0771. The first-order chi connectivity index (χ1) is 6.19. The Bertz CT molecular complexity index is 286. The highest BCUT2D eigenvalue weighted by atomic mass is 19.1. The summed E-state index contributed by atoms with van der Waals surface area (Å²) in [6, 6.07) is 4.62. The summed E-state index contributed by atoms with van der Waals surface area (Å²) in [7, 11) is 1.37. The van der Waals surface area contributed by atoms with Gasteiger partial charge in [0.15, 0.2) is 6.29 Å². The Morgan fingerprint density at radius 1 is 1.54 bits per heavy atom. The molecule has 2 nitrogen and oxygen atoms in total. The van der Waals surface area contributed by atoms with Gasteiger partial charge >= 0.3 is 0 Å². The second kappa shape index (κ2) is 4.35. The topological polar surface area (TPSA) is 29.5 Å². The maximum Gasteiger partial charge on any atom is 0.180 e. The first-order valence-electron chi connectivity index (χ1n) is 4.18. The molecular formula is C10H13FO2. The lowest BCUT2D eigenvalue weighted by Gasteiger charge is -2.09. The molecule has 0 heterocycles. The number of aliphatic hydroxyl groups is 1. The number of benzene rings is 1. The maximum atomic E-state index is 13.2. The third-order valence-electron chi connectivity index (χ3n) is 1.97. The molecule has 1 unspecified atom stereocenters. The molecule has 0 radical (unpaired) electrons. The van der Waals surface area contributed by atoms with Crippen molar-refractivity contribution in [1.29, 1.82) is 0 Å². The van der Waals surface area contributed by atoms with Crippen LogP contribution in [0.1, 0.15) is 24.3 Å². The van der Waals surface area contributed by atoms with Crippen LogP contribution in [0.3, 0.4) is 0 Å². The maximum absolute atomic E-state index is 13.2. The summed E-state index contributed by atoms with van der Waals surface area (Å²) in [5.74, 6) is -0.295. The molecule has 0 saturated heterocycles. The predicted molar refractivity (Wildman–Crippen MR) is 47.7 cm³/mol. The Labute approximate surface area is 77.0 Å². The molecule has 13 heavy (non-hydrogen) atoms. The highest BCUT2D eigenvalue weighted by molar-refractivity contribution is 5.25. The van der Waals surface area contributed by atoms with E-state index in [-0.39, 0.29) is 5.82 Å². The molecule has 0 aliphatic carbocycles. The second-order valence-corrected chi connectivity index (χ2v) is 2.79. The molecule has 0 saturated carbocycles. The van der Waals surface area contributed by atoms with Crippen molar-refractivity contribution in [1.82, 2.24) is 0 Å². The van der Waals surface area contributed by atoms with Crippen molar-refractivity contribution in [3.8, 4) is 0 Å². The summed E-state index contributed by atoms with van der Waals surface area (Å²) in [4.78, 5) is 0. The molecule has 0 aromatic heterocycles. The molecule has 1 aromatic carbocycles. The Morgan fingerprint density at radius 2 is 2.23 bits per heavy atom. The molecule has 1 rings (SSSR count). The van der Waals surface area contributed by atoms with Crippen LogP contribution in [0.25, 0.3) is 0 Å². The second-order valence-electron chi connectivity index (χ2n) is 2.79. The largest absolute Gasteiger partial charge is 0.364 e. The average Bonchev–Trinajstić information content (AvgIpc) is 2.16. The van der Waals surface area contributed by atoms with Crippen molar-refractivity contribution in [3.05, 3.63) is 35.1 Å². The van der Waals surface area contributed by atoms with Gasteiger partial charge in [0, 0.05) is 12.7 Å². The van der Waals surface area contributed by atoms with E-state index in [1.807, 2.05) is 6.92 Å². The van der Waals surface area contributed by atoms with Gasteiger partial charge < -0.3 is 9.84 Å². The quantitative estimate of drug-likeness (QED) is 0.728. The van der Waals surface area contributed by atoms with Gasteiger partial charge in [-0.1, -0.05) is 19.1 Å². The van der Waals surface area contributed by atoms with E-state index in [9.17, 15) is 9.50 Å². The number of methoxy groups -OCH3 is 1. The minimum Gasteiger partial charge on any atom is -0.364 e. The lowest BCUT2D eigenvalue weighted by atomic mass is 10.1. The van der Waals surface area contributed by atoms with Gasteiger partial charge in [-0.05, 0) is 18.1 Å². The Morgan fingerprint density at radius 3 is 2.69 bits per heavy atom. The van der Waals surface area contributed by atoms with Crippen molar-refractivity contribution in [2.75, 3.05) is 7.11 Å². The summed E-state index contributed by atoms with van der Waals surface area (Å²) in [6.07, 6.45) is -0.393. The van der Waals surface area contributed by atoms with Gasteiger partial charge in [0.25, 0.3) is 0 Å². The van der Waals surface area contributed by atoms with Gasteiger partial charge in [0.2, 0.25) is 0 Å². The van der Waals surface area contributed by atoms with Crippen molar-refractivity contribution < 1.29 is 14.2 Å². The number of halogens is 1. The Balaban J connectivity index is 2.95. The normalized spacial score (nSPS) is 12.9. The summed E-state index contributed by atoms with van der Waals surface area (Å²) >= 11 is 0. The van der Waals surface area contributed by atoms with E-state index >= 15 is 0 Å². The van der Waals surface area contributed by atoms with Crippen LogP contribution < -0.4 is 0 Å². The van der Waals surface area contributed by atoms with Crippen molar-refractivity contribution in [2.45, 2.75) is 19.6 Å². The molecule has 1 aromatic rings. The third-order valence-corrected chi connectivity index (χ3v) is 1.97. The van der Waals surface area contributed by atoms with E-state index in [4.69, 9.17) is 0 Å². The highest BCUT2D eigenvalue weighted by Crippen LogP contribution is 2.17. The predicted octanol–water partition coefficient (Wildman–Crippen LogP) is 2.03. The van der Waals surface area contributed by atoms with E-state index in [1.165, 1.54) is 13.2 Å². The summed E-state index contributed by atoms with van der Waals surface area (Å²) in [5, 5.41) is 9.23. The molecule has 0 aliphatic rings. The molecular weight excluding hydrogens is 171 g/mol. The monoisotopic (exact) mass is 184 g/mol. The number of aliphatic hydroxyl groups excluding tert-OH is 1. The minimum absolute atomic E-state index is 0.295. The van der Waals surface area contributed by atoms with Crippen LogP contribution in [0.2, 0.25) is 0 Å². The summed E-state index contributed by atoms with van der Waals surface area (Å²) in [5.41, 5.74) is 1.09. The fourth-order valence-electron chi connectivity index (χ4n) is 1.14. The summed E-state index contributed by atoms with van der Waals surface area (Å²) < 4.78 is 17.8. The number of hydrogen-bond acceptors (Lipinski definition) is 2. The van der Waals surface area contributed by atoms with Crippen LogP contribution in [0.4, 0.5) is 4.39 Å². The fraction of sp³-hybridized carbons (Fsp3) is 0.400. The van der Waals surface area contributed by atoms with Gasteiger partial charge in [0.1, 0.15) is 5.82 Å². The van der Waals surface area contributed by atoms with Crippen LogP contribution in [0.5, 0.6) is 0 Å². The number of rotatable bonds is 3. The Kier molecular flexibility index (Phi) is 3.39. The van der Waals surface area contributed by atoms with Gasteiger partial charge in [-0.3, -0.25) is 0 Å². The molecule has 0 amide bonds. The molecule has 0 bridgehead atoms. The first-order valence-corrected chi connectivity index (χ1v) is 4.18. The summed E-state index contributed by atoms with van der Waals surface area (Å²) in [6.45, 7) is 1.88. The molecule has 1 atom stereocenters. The fourth-order valence-corrected chi connectivity index (χ4v) is 1.14. The third kappa shape index (κ3) is 2.26. The number of hydrogen-bond donors (Lipinski definition) is 1. The molecule has 0 spiro atoms. The van der Waals surface area contributed by atoms with Gasteiger partial charge in [-0.2, -0.15) is 0 Å². The minimum atomic E-state index is -1.04. The van der Waals surface area contributed by atoms with Gasteiger partial charge in [-0.25, -0.2) is 4.39 Å². The molecule has 1 N–H and O–H groups in total. The Hall–Kier alpha value is -0.930. The molecule has 0 aliphatic heterocycles. The average molecular weight is 184 g/mol. The smallest absolute Gasteiger partial charge is 0.180 e.